The van der Waals surface area contributed by atoms with Gasteiger partial charge in [0.25, 0.3) is 0 Å². The fourth-order valence-corrected chi connectivity index (χ4v) is 5.19. The van der Waals surface area contributed by atoms with Crippen molar-refractivity contribution in [3.05, 3.63) is 70.4 Å². The number of nitrogens with one attached hydrogen (secondary N) is 2. The van der Waals surface area contributed by atoms with Gasteiger partial charge < -0.3 is 20.5 Å². The van der Waals surface area contributed by atoms with Gasteiger partial charge in [0.05, 0.1) is 43.2 Å². The van der Waals surface area contributed by atoms with Gasteiger partial charge >= 0.3 is 0 Å². The van der Waals surface area contributed by atoms with E-state index in [-0.39, 0.29) is 19.1 Å². The number of aliphatic hydroxyl groups is 1. The Kier molecular flexibility index (Phi) is 10.5. The third-order valence-corrected chi connectivity index (χ3v) is 7.37. The molecule has 2 aromatic carbocycles. The van der Waals surface area contributed by atoms with Crippen molar-refractivity contribution >= 4 is 29.7 Å². The number of nitrogens with zero attached hydrogens (tertiary/aromatic N) is 3. The molecule has 4 rings (SSSR count). The number of rotatable bonds is 12. The topological polar surface area (TPSA) is 117 Å². The molecule has 40 heavy (non-hydrogen) atoms. The van der Waals surface area contributed by atoms with Crippen molar-refractivity contribution < 1.29 is 19.4 Å². The summed E-state index contributed by atoms with van der Waals surface area (Å²) < 4.78 is 5.24. The van der Waals surface area contributed by atoms with Crippen LogP contribution >= 0.6 is 11.6 Å². The Labute approximate surface area is 239 Å². The number of carbonyl (C=O) groups is 2. The highest BCUT2D eigenvalue weighted by atomic mass is 35.5. The average Bonchev–Trinajstić information content (AvgIpc) is 2.97. The van der Waals surface area contributed by atoms with Crippen LogP contribution < -0.4 is 15.4 Å². The van der Waals surface area contributed by atoms with E-state index in [1.807, 2.05) is 24.3 Å². The lowest BCUT2D eigenvalue weighted by atomic mass is 9.96. The molecule has 1 heterocycles. The molecule has 0 saturated heterocycles. The summed E-state index contributed by atoms with van der Waals surface area (Å²) in [6.07, 6.45) is 8.23. The number of halogens is 1. The Balaban J connectivity index is 1.41. The van der Waals surface area contributed by atoms with Crippen molar-refractivity contribution in [2.24, 2.45) is 0 Å². The maximum absolute atomic E-state index is 12.7. The molecule has 1 aromatic heterocycles. The summed E-state index contributed by atoms with van der Waals surface area (Å²) >= 11 is 6.45. The summed E-state index contributed by atoms with van der Waals surface area (Å²) in [7, 11) is 3.36. The minimum Gasteiger partial charge on any atom is -0.497 e. The molecule has 9 nitrogen and oxygen atoms in total. The number of likely N-dealkylation sites (N-methyl/N-ethyl adjacent to an activating group) is 1. The molecule has 1 unspecified atom stereocenters. The number of hydrogen-bond donors (Lipinski definition) is 3. The summed E-state index contributed by atoms with van der Waals surface area (Å²) in [5, 5.41) is 16.5. The molecule has 1 atom stereocenters. The van der Waals surface area contributed by atoms with E-state index in [4.69, 9.17) is 16.3 Å². The van der Waals surface area contributed by atoms with Gasteiger partial charge in [0.2, 0.25) is 11.9 Å². The maximum atomic E-state index is 12.7. The van der Waals surface area contributed by atoms with Crippen molar-refractivity contribution in [3.63, 3.8) is 0 Å². The largest absolute Gasteiger partial charge is 0.497 e. The Morgan fingerprint density at radius 1 is 1.23 bits per heavy atom. The highest BCUT2D eigenvalue weighted by Crippen LogP contribution is 2.29. The minimum absolute atomic E-state index is 0.0778. The zero-order valence-electron chi connectivity index (χ0n) is 22.9. The van der Waals surface area contributed by atoms with Crippen LogP contribution in [0, 0.1) is 0 Å². The molecule has 1 aliphatic rings. The van der Waals surface area contributed by atoms with Crippen LogP contribution in [-0.4, -0.2) is 65.5 Å². The first-order valence-corrected chi connectivity index (χ1v) is 13.9. The van der Waals surface area contributed by atoms with Crippen LogP contribution in [0.5, 0.6) is 5.75 Å². The number of anilines is 1. The van der Waals surface area contributed by atoms with Crippen LogP contribution in [0.15, 0.2) is 48.7 Å². The molecule has 1 saturated carbocycles. The van der Waals surface area contributed by atoms with E-state index in [2.05, 4.69) is 20.6 Å². The predicted octanol–water partition coefficient (Wildman–Crippen LogP) is 4.64. The van der Waals surface area contributed by atoms with Gasteiger partial charge in [-0.1, -0.05) is 55.1 Å². The molecule has 1 amide bonds. The van der Waals surface area contributed by atoms with Gasteiger partial charge in [-0.2, -0.15) is 0 Å². The zero-order chi connectivity index (χ0) is 28.5. The van der Waals surface area contributed by atoms with E-state index in [1.165, 1.54) is 19.3 Å². The van der Waals surface area contributed by atoms with Gasteiger partial charge in [0, 0.05) is 23.7 Å². The van der Waals surface area contributed by atoms with Crippen LogP contribution in [-0.2, 0) is 11.3 Å². The van der Waals surface area contributed by atoms with E-state index in [0.717, 1.165) is 35.8 Å². The first-order valence-electron chi connectivity index (χ1n) is 13.5. The van der Waals surface area contributed by atoms with Crippen LogP contribution in [0.4, 0.5) is 5.95 Å². The van der Waals surface area contributed by atoms with Gasteiger partial charge in [0.1, 0.15) is 12.0 Å². The number of hydrogen-bond acceptors (Lipinski definition) is 8. The minimum atomic E-state index is -0.559. The highest BCUT2D eigenvalue weighted by Gasteiger charge is 2.18. The Hall–Kier alpha value is -3.53. The fraction of sp³-hybridized carbons (Fsp3) is 0.400. The third-order valence-electron chi connectivity index (χ3n) is 7.10. The Morgan fingerprint density at radius 3 is 2.75 bits per heavy atom. The molecule has 10 heteroatoms. The standard InChI is InChI=1S/C30H36ClN5O4/c1-36(17-28(39)34-27(19-38)20-7-6-10-25(14-20)40-2)16-22-12-11-21(13-23(22)18-37)29-26(31)15-32-30(35-29)33-24-8-4-3-5-9-24/h6-7,10-15,18,24,27,38H,3-5,8-9,16-17,19H2,1-2H3,(H,34,39)(H,32,33,35). The SMILES string of the molecule is COc1cccc(C(CO)NC(=O)CN(C)Cc2ccc(-c3nc(NC4CCCCC4)ncc3Cl)cc2C=O)c1. The second-order valence-corrected chi connectivity index (χ2v) is 10.6. The fourth-order valence-electron chi connectivity index (χ4n) is 4.99. The highest BCUT2D eigenvalue weighted by molar-refractivity contribution is 6.32. The van der Waals surface area contributed by atoms with Gasteiger partial charge in [-0.25, -0.2) is 9.97 Å². The van der Waals surface area contributed by atoms with Crippen molar-refractivity contribution in [2.45, 2.75) is 50.7 Å². The summed E-state index contributed by atoms with van der Waals surface area (Å²) in [6, 6.07) is 12.5. The number of amides is 1. The summed E-state index contributed by atoms with van der Waals surface area (Å²) in [5.74, 6) is 0.926. The van der Waals surface area contributed by atoms with Gasteiger partial charge in [-0.3, -0.25) is 14.5 Å². The number of ether oxygens (including phenoxy) is 1. The van der Waals surface area contributed by atoms with Crippen molar-refractivity contribution in [2.75, 3.05) is 32.6 Å². The Morgan fingerprint density at radius 2 is 2.02 bits per heavy atom. The van der Waals surface area contributed by atoms with Crippen molar-refractivity contribution in [1.82, 2.24) is 20.2 Å². The van der Waals surface area contributed by atoms with Crippen molar-refractivity contribution in [3.8, 4) is 17.0 Å². The quantitative estimate of drug-likeness (QED) is 0.272. The monoisotopic (exact) mass is 565 g/mol. The number of carbonyl (C=O) groups excluding carboxylic acids is 2. The van der Waals surface area contributed by atoms with Crippen LogP contribution in [0.1, 0.15) is 59.6 Å². The number of benzene rings is 2. The molecular formula is C30H36ClN5O4. The number of aldehydes is 1. The third kappa shape index (κ3) is 7.78. The summed E-state index contributed by atoms with van der Waals surface area (Å²) in [6.45, 7) is 0.202. The molecule has 212 valence electrons. The Bertz CT molecular complexity index is 1320. The molecule has 3 N–H and O–H groups in total. The normalized spacial score (nSPS) is 14.5. The first-order chi connectivity index (χ1) is 19.4. The van der Waals surface area contributed by atoms with Crippen LogP contribution in [0.3, 0.4) is 0 Å². The first kappa shape index (κ1) is 29.5. The molecule has 0 bridgehead atoms. The predicted molar refractivity (Wildman–Crippen MR) is 156 cm³/mol. The van der Waals surface area contributed by atoms with Gasteiger partial charge in [-0.15, -0.1) is 0 Å². The lowest BCUT2D eigenvalue weighted by Crippen LogP contribution is -2.38. The average molecular weight is 566 g/mol. The molecule has 0 spiro atoms. The summed E-state index contributed by atoms with van der Waals surface area (Å²) in [4.78, 5) is 35.6. The number of aliphatic hydroxyl groups excluding tert-OH is 1. The van der Waals surface area contributed by atoms with Crippen LogP contribution in [0.2, 0.25) is 5.02 Å². The number of methoxy groups -OCH3 is 1. The lowest BCUT2D eigenvalue weighted by molar-refractivity contribution is -0.123. The smallest absolute Gasteiger partial charge is 0.234 e. The van der Waals surface area contributed by atoms with E-state index < -0.39 is 6.04 Å². The molecule has 1 fully saturated rings. The molecule has 3 aromatic rings. The van der Waals surface area contributed by atoms with Gasteiger partial charge in [0.15, 0.2) is 0 Å². The molecule has 1 aliphatic carbocycles. The molecule has 0 radical (unpaired) electrons. The maximum Gasteiger partial charge on any atom is 0.234 e. The van der Waals surface area contributed by atoms with E-state index >= 15 is 0 Å². The summed E-state index contributed by atoms with van der Waals surface area (Å²) in [5.41, 5.74) is 3.29. The van der Waals surface area contributed by atoms with Crippen molar-refractivity contribution in [1.29, 1.82) is 0 Å². The van der Waals surface area contributed by atoms with E-state index in [1.54, 1.807) is 43.5 Å². The van der Waals surface area contributed by atoms with E-state index in [9.17, 15) is 14.7 Å². The zero-order valence-corrected chi connectivity index (χ0v) is 23.7. The van der Waals surface area contributed by atoms with E-state index in [0.29, 0.717) is 40.6 Å². The number of aromatic nitrogens is 2. The second-order valence-electron chi connectivity index (χ2n) is 10.2. The lowest BCUT2D eigenvalue weighted by Gasteiger charge is -2.23. The van der Waals surface area contributed by atoms with Crippen LogP contribution in [0.25, 0.3) is 11.3 Å². The molecular weight excluding hydrogens is 530 g/mol. The molecule has 0 aliphatic heterocycles. The van der Waals surface area contributed by atoms with Gasteiger partial charge in [-0.05, 0) is 49.2 Å². The second kappa shape index (κ2) is 14.2.